The zero-order valence-corrected chi connectivity index (χ0v) is 10.6. The second-order valence-corrected chi connectivity index (χ2v) is 3.92. The van der Waals surface area contributed by atoms with E-state index < -0.39 is 11.9 Å². The van der Waals surface area contributed by atoms with Gasteiger partial charge in [0.05, 0.1) is 17.7 Å². The maximum absolute atomic E-state index is 11.6. The van der Waals surface area contributed by atoms with Crippen LogP contribution < -0.4 is 5.48 Å². The Bertz CT molecular complexity index is 419. The Morgan fingerprint density at radius 1 is 1.44 bits per heavy atom. The van der Waals surface area contributed by atoms with Crippen molar-refractivity contribution in [3.05, 3.63) is 32.9 Å². The highest BCUT2D eigenvalue weighted by Gasteiger charge is 2.16. The fourth-order valence-electron chi connectivity index (χ4n) is 1.07. The molecule has 0 radical (unpaired) electrons. The van der Waals surface area contributed by atoms with E-state index in [-0.39, 0.29) is 11.1 Å². The number of rotatable bonds is 4. The summed E-state index contributed by atoms with van der Waals surface area (Å²) in [5, 5.41) is 8.88. The summed E-state index contributed by atoms with van der Waals surface area (Å²) in [4.78, 5) is 27.2. The number of halogens is 1. The Balaban J connectivity index is 3.01. The first-order valence-corrected chi connectivity index (χ1v) is 5.59. The Morgan fingerprint density at radius 2 is 2.06 bits per heavy atom. The molecule has 0 aliphatic heterocycles. The molecule has 6 heteroatoms. The number of hydrogen-bond donors (Lipinski definition) is 2. The minimum absolute atomic E-state index is 0.102. The van der Waals surface area contributed by atoms with Gasteiger partial charge in [-0.05, 0) is 41.6 Å². The number of hydroxylamine groups is 1. The molecule has 0 saturated carbocycles. The minimum atomic E-state index is -1.06. The van der Waals surface area contributed by atoms with Crippen LogP contribution in [0.2, 0.25) is 0 Å². The Morgan fingerprint density at radius 3 is 2.62 bits per heavy atom. The molecule has 0 fully saturated rings. The molecule has 1 aromatic carbocycles. The highest BCUT2D eigenvalue weighted by atomic mass is 127. The van der Waals surface area contributed by atoms with E-state index >= 15 is 0 Å². The van der Waals surface area contributed by atoms with Crippen molar-refractivity contribution in [2.75, 3.05) is 6.61 Å². The number of carboxylic acids is 1. The molecule has 0 saturated heterocycles. The van der Waals surface area contributed by atoms with Crippen LogP contribution in [0.15, 0.2) is 18.2 Å². The summed E-state index contributed by atoms with van der Waals surface area (Å²) in [5.41, 5.74) is 2.61. The van der Waals surface area contributed by atoms with Crippen molar-refractivity contribution in [3.63, 3.8) is 0 Å². The van der Waals surface area contributed by atoms with E-state index in [2.05, 4.69) is 5.48 Å². The predicted molar refractivity (Wildman–Crippen MR) is 65.2 cm³/mol. The lowest BCUT2D eigenvalue weighted by molar-refractivity contribution is 0.0363. The van der Waals surface area contributed by atoms with Gasteiger partial charge in [0.1, 0.15) is 0 Å². The van der Waals surface area contributed by atoms with Gasteiger partial charge in [-0.3, -0.25) is 9.63 Å². The van der Waals surface area contributed by atoms with Crippen LogP contribution in [0.25, 0.3) is 0 Å². The lowest BCUT2D eigenvalue weighted by Crippen LogP contribution is -2.25. The summed E-state index contributed by atoms with van der Waals surface area (Å²) in [6.07, 6.45) is 0. The molecule has 5 nitrogen and oxygen atoms in total. The van der Waals surface area contributed by atoms with Gasteiger partial charge >= 0.3 is 5.97 Å². The summed E-state index contributed by atoms with van der Waals surface area (Å²) in [5.74, 6) is -1.51. The molecule has 0 atom stereocenters. The van der Waals surface area contributed by atoms with Crippen molar-refractivity contribution in [2.24, 2.45) is 0 Å². The van der Waals surface area contributed by atoms with Crippen LogP contribution in [0, 0.1) is 3.57 Å². The van der Waals surface area contributed by atoms with E-state index in [1.54, 1.807) is 13.0 Å². The number of nitrogens with one attached hydrogen (secondary N) is 1. The van der Waals surface area contributed by atoms with Crippen molar-refractivity contribution in [1.82, 2.24) is 5.48 Å². The van der Waals surface area contributed by atoms with Gasteiger partial charge in [-0.15, -0.1) is 0 Å². The molecule has 0 aliphatic carbocycles. The third-order valence-corrected chi connectivity index (χ3v) is 2.95. The van der Waals surface area contributed by atoms with E-state index in [0.29, 0.717) is 10.2 Å². The van der Waals surface area contributed by atoms with Gasteiger partial charge < -0.3 is 5.11 Å². The van der Waals surface area contributed by atoms with Crippen molar-refractivity contribution in [1.29, 1.82) is 0 Å². The molecule has 0 bridgehead atoms. The molecule has 0 aromatic heterocycles. The third-order valence-electron chi connectivity index (χ3n) is 1.78. The van der Waals surface area contributed by atoms with Crippen molar-refractivity contribution >= 4 is 34.5 Å². The SMILES string of the molecule is CCONC(=O)c1cccc(C(=O)O)c1I. The Labute approximate surface area is 106 Å². The number of carbonyl (C=O) groups is 2. The minimum Gasteiger partial charge on any atom is -0.478 e. The van der Waals surface area contributed by atoms with Crippen LogP contribution in [0.3, 0.4) is 0 Å². The maximum Gasteiger partial charge on any atom is 0.336 e. The fraction of sp³-hybridized carbons (Fsp3) is 0.200. The molecule has 2 N–H and O–H groups in total. The van der Waals surface area contributed by atoms with Crippen LogP contribution in [0.5, 0.6) is 0 Å². The third kappa shape index (κ3) is 2.92. The molecule has 16 heavy (non-hydrogen) atoms. The van der Waals surface area contributed by atoms with E-state index in [1.807, 2.05) is 22.6 Å². The van der Waals surface area contributed by atoms with Gasteiger partial charge in [-0.25, -0.2) is 10.3 Å². The lowest BCUT2D eigenvalue weighted by atomic mass is 10.1. The summed E-state index contributed by atoms with van der Waals surface area (Å²) in [6.45, 7) is 2.08. The molecule has 0 heterocycles. The van der Waals surface area contributed by atoms with Crippen molar-refractivity contribution in [2.45, 2.75) is 6.92 Å². The van der Waals surface area contributed by atoms with Gasteiger partial charge in [-0.2, -0.15) is 0 Å². The standard InChI is InChI=1S/C10H10INO4/c1-2-16-12-9(13)6-4-3-5-7(8(6)11)10(14)15/h3-5H,2H2,1H3,(H,12,13)(H,14,15). The van der Waals surface area contributed by atoms with Crippen LogP contribution in [-0.4, -0.2) is 23.6 Å². The first kappa shape index (κ1) is 12.9. The van der Waals surface area contributed by atoms with Crippen LogP contribution >= 0.6 is 22.6 Å². The second-order valence-electron chi connectivity index (χ2n) is 2.84. The molecule has 0 unspecified atom stereocenters. The average molecular weight is 335 g/mol. The largest absolute Gasteiger partial charge is 0.478 e. The molecule has 0 spiro atoms. The molecular formula is C10H10INO4. The number of hydrogen-bond acceptors (Lipinski definition) is 3. The predicted octanol–water partition coefficient (Wildman–Crippen LogP) is 1.67. The van der Waals surface area contributed by atoms with E-state index in [1.165, 1.54) is 12.1 Å². The van der Waals surface area contributed by atoms with Crippen molar-refractivity contribution < 1.29 is 19.5 Å². The van der Waals surface area contributed by atoms with Gasteiger partial charge in [0.25, 0.3) is 5.91 Å². The van der Waals surface area contributed by atoms with Gasteiger partial charge in [-0.1, -0.05) is 6.07 Å². The number of amides is 1. The summed E-state index contributed by atoms with van der Waals surface area (Å²) >= 11 is 1.83. The van der Waals surface area contributed by atoms with E-state index in [9.17, 15) is 9.59 Å². The smallest absolute Gasteiger partial charge is 0.336 e. The maximum atomic E-state index is 11.6. The normalized spacial score (nSPS) is 9.88. The van der Waals surface area contributed by atoms with Crippen molar-refractivity contribution in [3.8, 4) is 0 Å². The zero-order valence-electron chi connectivity index (χ0n) is 8.49. The van der Waals surface area contributed by atoms with Crippen LogP contribution in [-0.2, 0) is 4.84 Å². The number of carboxylic acid groups (broad SMARTS) is 1. The second kappa shape index (κ2) is 5.80. The Hall–Kier alpha value is -1.15. The molecule has 1 aromatic rings. The summed E-state index contributed by atoms with van der Waals surface area (Å²) in [7, 11) is 0. The summed E-state index contributed by atoms with van der Waals surface area (Å²) < 4.78 is 0.393. The molecule has 1 amide bonds. The average Bonchev–Trinajstić information content (AvgIpc) is 2.25. The first-order valence-electron chi connectivity index (χ1n) is 4.51. The van der Waals surface area contributed by atoms with Crippen LogP contribution in [0.1, 0.15) is 27.6 Å². The first-order chi connectivity index (χ1) is 7.57. The number of aromatic carboxylic acids is 1. The Kier molecular flexibility index (Phi) is 4.69. The van der Waals surface area contributed by atoms with Gasteiger partial charge in [0.15, 0.2) is 0 Å². The molecule has 0 aliphatic rings. The quantitative estimate of drug-likeness (QED) is 0.648. The number of carbonyl (C=O) groups excluding carboxylic acids is 1. The molecular weight excluding hydrogens is 325 g/mol. The van der Waals surface area contributed by atoms with Gasteiger partial charge in [0.2, 0.25) is 0 Å². The fourth-order valence-corrected chi connectivity index (χ4v) is 1.90. The monoisotopic (exact) mass is 335 g/mol. The van der Waals surface area contributed by atoms with Gasteiger partial charge in [0, 0.05) is 3.57 Å². The van der Waals surface area contributed by atoms with E-state index in [0.717, 1.165) is 0 Å². The summed E-state index contributed by atoms with van der Waals surface area (Å²) in [6, 6.07) is 4.51. The van der Waals surface area contributed by atoms with Crippen LogP contribution in [0.4, 0.5) is 0 Å². The lowest BCUT2D eigenvalue weighted by Gasteiger charge is -2.07. The number of benzene rings is 1. The molecule has 1 rings (SSSR count). The van der Waals surface area contributed by atoms with E-state index in [4.69, 9.17) is 9.94 Å². The topological polar surface area (TPSA) is 75.6 Å². The zero-order chi connectivity index (χ0) is 12.1. The highest BCUT2D eigenvalue weighted by molar-refractivity contribution is 14.1. The highest BCUT2D eigenvalue weighted by Crippen LogP contribution is 2.17. The molecule has 86 valence electrons.